The second-order valence-corrected chi connectivity index (χ2v) is 3.61. The number of hydrogen-bond acceptors (Lipinski definition) is 3. The summed E-state index contributed by atoms with van der Waals surface area (Å²) in [5.74, 6) is -0.937. The number of carboxylic acids is 1. The molecule has 0 saturated heterocycles. The number of methoxy groups -OCH3 is 1. The van der Waals surface area contributed by atoms with E-state index in [0.717, 1.165) is 5.39 Å². The summed E-state index contributed by atoms with van der Waals surface area (Å²) in [6, 6.07) is 5.30. The quantitative estimate of drug-likeness (QED) is 0.863. The molecule has 1 N–H and O–H groups in total. The highest BCUT2D eigenvalue weighted by atomic mass is 16.5. The third-order valence-corrected chi connectivity index (χ3v) is 2.64. The summed E-state index contributed by atoms with van der Waals surface area (Å²) < 4.78 is 10.4. The van der Waals surface area contributed by atoms with Crippen molar-refractivity contribution in [1.29, 1.82) is 0 Å². The molecule has 0 aliphatic heterocycles. The maximum absolute atomic E-state index is 11.0. The largest absolute Gasteiger partial charge is 0.496 e. The molecule has 0 aliphatic rings. The van der Waals surface area contributed by atoms with Crippen molar-refractivity contribution >= 4 is 16.9 Å². The zero-order valence-corrected chi connectivity index (χ0v) is 9.06. The van der Waals surface area contributed by atoms with Crippen LogP contribution in [0.25, 0.3) is 11.0 Å². The predicted octanol–water partition coefficient (Wildman–Crippen LogP) is 2.63. The van der Waals surface area contributed by atoms with E-state index in [4.69, 9.17) is 14.3 Å². The van der Waals surface area contributed by atoms with Gasteiger partial charge in [0.15, 0.2) is 0 Å². The van der Waals surface area contributed by atoms with Crippen LogP contribution in [0.4, 0.5) is 0 Å². The molecule has 4 nitrogen and oxygen atoms in total. The maximum Gasteiger partial charge on any atom is 0.310 e. The first-order chi connectivity index (χ1) is 7.63. The molecular formula is C12H12O4. The third kappa shape index (κ3) is 1.62. The minimum atomic E-state index is -0.874. The van der Waals surface area contributed by atoms with Crippen LogP contribution < -0.4 is 4.74 Å². The second kappa shape index (κ2) is 3.89. The number of fused-ring (bicyclic) bond motifs is 1. The van der Waals surface area contributed by atoms with Gasteiger partial charge in [-0.05, 0) is 19.1 Å². The lowest BCUT2D eigenvalue weighted by Gasteiger charge is -2.11. The van der Waals surface area contributed by atoms with Crippen molar-refractivity contribution in [3.05, 3.63) is 30.0 Å². The Hall–Kier alpha value is -1.97. The van der Waals surface area contributed by atoms with Crippen molar-refractivity contribution in [2.75, 3.05) is 7.11 Å². The second-order valence-electron chi connectivity index (χ2n) is 3.61. The molecule has 0 aliphatic carbocycles. The maximum atomic E-state index is 11.0. The zero-order chi connectivity index (χ0) is 11.7. The minimum Gasteiger partial charge on any atom is -0.496 e. The molecule has 1 aromatic heterocycles. The van der Waals surface area contributed by atoms with Crippen molar-refractivity contribution in [1.82, 2.24) is 0 Å². The van der Waals surface area contributed by atoms with Gasteiger partial charge in [0.05, 0.1) is 19.3 Å². The Balaban J connectivity index is 2.61. The molecule has 84 valence electrons. The standard InChI is InChI=1S/C12H12O4/c1-7(12(13)14)9-5-8-3-4-16-10(8)6-11(9)15-2/h3-7H,1-2H3,(H,13,14). The van der Waals surface area contributed by atoms with Gasteiger partial charge in [0.2, 0.25) is 0 Å². The van der Waals surface area contributed by atoms with Crippen LogP contribution in [0.5, 0.6) is 5.75 Å². The van der Waals surface area contributed by atoms with E-state index in [2.05, 4.69) is 0 Å². The first-order valence-corrected chi connectivity index (χ1v) is 4.91. The fourth-order valence-electron chi connectivity index (χ4n) is 1.66. The van der Waals surface area contributed by atoms with Gasteiger partial charge >= 0.3 is 5.97 Å². The number of ether oxygens (including phenoxy) is 1. The van der Waals surface area contributed by atoms with Crippen LogP contribution in [0.1, 0.15) is 18.4 Å². The molecule has 1 atom stereocenters. The molecule has 0 saturated carbocycles. The van der Waals surface area contributed by atoms with E-state index < -0.39 is 11.9 Å². The normalized spacial score (nSPS) is 12.6. The monoisotopic (exact) mass is 220 g/mol. The van der Waals surface area contributed by atoms with Gasteiger partial charge in [-0.15, -0.1) is 0 Å². The Labute approximate surface area is 92.4 Å². The number of benzene rings is 1. The summed E-state index contributed by atoms with van der Waals surface area (Å²) in [5, 5.41) is 9.88. The Morgan fingerprint density at radius 1 is 1.50 bits per heavy atom. The average Bonchev–Trinajstić information content (AvgIpc) is 2.72. The molecule has 2 rings (SSSR count). The van der Waals surface area contributed by atoms with Gasteiger partial charge in [0.25, 0.3) is 0 Å². The van der Waals surface area contributed by atoms with Gasteiger partial charge in [-0.2, -0.15) is 0 Å². The van der Waals surface area contributed by atoms with Crippen LogP contribution in [0, 0.1) is 0 Å². The molecule has 16 heavy (non-hydrogen) atoms. The van der Waals surface area contributed by atoms with E-state index in [0.29, 0.717) is 16.9 Å². The fraction of sp³-hybridized carbons (Fsp3) is 0.250. The molecule has 0 radical (unpaired) electrons. The third-order valence-electron chi connectivity index (χ3n) is 2.64. The number of carbonyl (C=O) groups is 1. The lowest BCUT2D eigenvalue weighted by molar-refractivity contribution is -0.138. The van der Waals surface area contributed by atoms with Gasteiger partial charge in [-0.3, -0.25) is 4.79 Å². The lowest BCUT2D eigenvalue weighted by atomic mass is 9.99. The van der Waals surface area contributed by atoms with Crippen molar-refractivity contribution in [3.63, 3.8) is 0 Å². The summed E-state index contributed by atoms with van der Waals surface area (Å²) in [5.41, 5.74) is 1.35. The van der Waals surface area contributed by atoms with Crippen LogP contribution >= 0.6 is 0 Å². The summed E-state index contributed by atoms with van der Waals surface area (Å²) >= 11 is 0. The molecule has 2 aromatic rings. The highest BCUT2D eigenvalue weighted by Crippen LogP contribution is 2.31. The number of rotatable bonds is 3. The molecule has 0 bridgehead atoms. The molecule has 4 heteroatoms. The summed E-state index contributed by atoms with van der Waals surface area (Å²) in [6.45, 7) is 1.63. The van der Waals surface area contributed by atoms with Gasteiger partial charge in [0.1, 0.15) is 11.3 Å². The van der Waals surface area contributed by atoms with E-state index in [1.807, 2.05) is 0 Å². The highest BCUT2D eigenvalue weighted by molar-refractivity contribution is 5.84. The number of carboxylic acid groups (broad SMARTS) is 1. The van der Waals surface area contributed by atoms with E-state index in [1.54, 1.807) is 31.4 Å². The minimum absolute atomic E-state index is 0.539. The van der Waals surface area contributed by atoms with E-state index in [-0.39, 0.29) is 0 Å². The molecule has 0 spiro atoms. The van der Waals surface area contributed by atoms with Crippen molar-refractivity contribution in [2.45, 2.75) is 12.8 Å². The van der Waals surface area contributed by atoms with Crippen LogP contribution in [0.3, 0.4) is 0 Å². The van der Waals surface area contributed by atoms with E-state index in [9.17, 15) is 4.79 Å². The Morgan fingerprint density at radius 3 is 2.88 bits per heavy atom. The van der Waals surface area contributed by atoms with Crippen LogP contribution in [0.15, 0.2) is 28.9 Å². The van der Waals surface area contributed by atoms with Gasteiger partial charge in [-0.25, -0.2) is 0 Å². The van der Waals surface area contributed by atoms with Gasteiger partial charge in [-0.1, -0.05) is 0 Å². The SMILES string of the molecule is COc1cc2occc2cc1C(C)C(=O)O. The molecule has 1 unspecified atom stereocenters. The molecule has 0 fully saturated rings. The van der Waals surface area contributed by atoms with Crippen LogP contribution in [-0.2, 0) is 4.79 Å². The summed E-state index contributed by atoms with van der Waals surface area (Å²) in [4.78, 5) is 11.0. The average molecular weight is 220 g/mol. The smallest absolute Gasteiger partial charge is 0.310 e. The Kier molecular flexibility index (Phi) is 2.56. The van der Waals surface area contributed by atoms with Crippen LogP contribution in [0.2, 0.25) is 0 Å². The Bertz CT molecular complexity index is 527. The van der Waals surface area contributed by atoms with Crippen molar-refractivity contribution in [2.24, 2.45) is 0 Å². The number of furan rings is 1. The lowest BCUT2D eigenvalue weighted by Crippen LogP contribution is -2.08. The van der Waals surface area contributed by atoms with E-state index >= 15 is 0 Å². The van der Waals surface area contributed by atoms with Crippen molar-refractivity contribution in [3.8, 4) is 5.75 Å². The summed E-state index contributed by atoms with van der Waals surface area (Å²) in [6.07, 6.45) is 1.57. The van der Waals surface area contributed by atoms with Crippen LogP contribution in [-0.4, -0.2) is 18.2 Å². The zero-order valence-electron chi connectivity index (χ0n) is 9.06. The van der Waals surface area contributed by atoms with Gasteiger partial charge in [0, 0.05) is 17.0 Å². The first-order valence-electron chi connectivity index (χ1n) is 4.91. The number of hydrogen-bond donors (Lipinski definition) is 1. The molecule has 1 aromatic carbocycles. The molecule has 0 amide bonds. The summed E-state index contributed by atoms with van der Waals surface area (Å²) in [7, 11) is 1.52. The first kappa shape index (κ1) is 10.5. The fourth-order valence-corrected chi connectivity index (χ4v) is 1.66. The predicted molar refractivity (Wildman–Crippen MR) is 58.8 cm³/mol. The Morgan fingerprint density at radius 2 is 2.25 bits per heavy atom. The van der Waals surface area contributed by atoms with E-state index in [1.165, 1.54) is 7.11 Å². The topological polar surface area (TPSA) is 59.7 Å². The number of aliphatic carboxylic acids is 1. The van der Waals surface area contributed by atoms with Crippen molar-refractivity contribution < 1.29 is 19.1 Å². The molecular weight excluding hydrogens is 208 g/mol. The van der Waals surface area contributed by atoms with Gasteiger partial charge < -0.3 is 14.3 Å². The molecule has 1 heterocycles. The highest BCUT2D eigenvalue weighted by Gasteiger charge is 2.19.